The smallest absolute Gasteiger partial charge is 0.251 e. The van der Waals surface area contributed by atoms with E-state index in [1.807, 2.05) is 37.4 Å². The van der Waals surface area contributed by atoms with Crippen molar-refractivity contribution < 1.29 is 9.53 Å². The fourth-order valence-electron chi connectivity index (χ4n) is 1.90. The third kappa shape index (κ3) is 2.90. The van der Waals surface area contributed by atoms with Crippen molar-refractivity contribution in [2.45, 2.75) is 6.92 Å². The number of ether oxygens (including phenoxy) is 1. The molecule has 0 aliphatic rings. The van der Waals surface area contributed by atoms with Gasteiger partial charge < -0.3 is 15.0 Å². The number of rotatable bonds is 5. The molecule has 0 fully saturated rings. The number of amides is 1. The second-order valence-electron chi connectivity index (χ2n) is 4.55. The van der Waals surface area contributed by atoms with Gasteiger partial charge >= 0.3 is 0 Å². The highest BCUT2D eigenvalue weighted by molar-refractivity contribution is 5.97. The van der Waals surface area contributed by atoms with E-state index in [9.17, 15) is 4.79 Å². The summed E-state index contributed by atoms with van der Waals surface area (Å²) in [5, 5.41) is 4.02. The summed E-state index contributed by atoms with van der Waals surface area (Å²) in [6.07, 6.45) is 1.87. The summed E-state index contributed by atoms with van der Waals surface area (Å²) >= 11 is 0. The predicted octanol–water partition coefficient (Wildman–Crippen LogP) is 2.18. The molecule has 4 nitrogen and oxygen atoms in total. The van der Waals surface area contributed by atoms with Gasteiger partial charge in [-0.05, 0) is 29.5 Å². The molecule has 1 amide bonds. The zero-order valence-corrected chi connectivity index (χ0v) is 10.7. The Labute approximate surface area is 106 Å². The van der Waals surface area contributed by atoms with E-state index in [1.54, 1.807) is 7.11 Å². The van der Waals surface area contributed by atoms with Crippen molar-refractivity contribution in [2.24, 2.45) is 5.92 Å². The third-order valence-electron chi connectivity index (χ3n) is 2.88. The third-order valence-corrected chi connectivity index (χ3v) is 2.88. The monoisotopic (exact) mass is 246 g/mol. The molecule has 0 saturated heterocycles. The first-order valence-corrected chi connectivity index (χ1v) is 6.05. The average Bonchev–Trinajstić information content (AvgIpc) is 2.83. The molecule has 1 aromatic heterocycles. The molecular weight excluding hydrogens is 228 g/mol. The Kier molecular flexibility index (Phi) is 3.99. The maximum Gasteiger partial charge on any atom is 0.251 e. The average molecular weight is 246 g/mol. The van der Waals surface area contributed by atoms with Crippen molar-refractivity contribution in [1.29, 1.82) is 0 Å². The van der Waals surface area contributed by atoms with Crippen molar-refractivity contribution in [2.75, 3.05) is 20.3 Å². The molecule has 0 radical (unpaired) electrons. The normalized spacial score (nSPS) is 12.6. The van der Waals surface area contributed by atoms with Crippen LogP contribution in [0.25, 0.3) is 10.9 Å². The molecule has 1 atom stereocenters. The van der Waals surface area contributed by atoms with Crippen molar-refractivity contribution in [3.63, 3.8) is 0 Å². The van der Waals surface area contributed by atoms with Gasteiger partial charge in [0.05, 0.1) is 6.61 Å². The molecule has 2 aromatic rings. The number of aromatic amines is 1. The van der Waals surface area contributed by atoms with Gasteiger partial charge in [-0.1, -0.05) is 13.0 Å². The summed E-state index contributed by atoms with van der Waals surface area (Å²) in [6, 6.07) is 7.63. The topological polar surface area (TPSA) is 54.1 Å². The lowest BCUT2D eigenvalue weighted by Crippen LogP contribution is -2.29. The minimum atomic E-state index is -0.0468. The van der Waals surface area contributed by atoms with Crippen LogP contribution in [-0.4, -0.2) is 31.2 Å². The van der Waals surface area contributed by atoms with Gasteiger partial charge in [0.15, 0.2) is 0 Å². The number of hydrogen-bond acceptors (Lipinski definition) is 2. The first kappa shape index (κ1) is 12.6. The van der Waals surface area contributed by atoms with Crippen LogP contribution in [0.2, 0.25) is 0 Å². The molecule has 1 unspecified atom stereocenters. The molecule has 2 rings (SSSR count). The van der Waals surface area contributed by atoms with Crippen molar-refractivity contribution >= 4 is 16.8 Å². The van der Waals surface area contributed by atoms with Gasteiger partial charge in [0.25, 0.3) is 5.91 Å². The minimum absolute atomic E-state index is 0.0468. The number of carbonyl (C=O) groups excluding carboxylic acids is 1. The molecule has 0 spiro atoms. The second kappa shape index (κ2) is 5.69. The number of aromatic nitrogens is 1. The largest absolute Gasteiger partial charge is 0.384 e. The number of benzene rings is 1. The van der Waals surface area contributed by atoms with Gasteiger partial charge in [-0.15, -0.1) is 0 Å². The summed E-state index contributed by atoms with van der Waals surface area (Å²) in [6.45, 7) is 3.31. The van der Waals surface area contributed by atoms with E-state index in [1.165, 1.54) is 0 Å². The SMILES string of the molecule is COCC(C)CNC(=O)c1ccc2cc[nH]c2c1. The van der Waals surface area contributed by atoms with Crippen molar-refractivity contribution in [1.82, 2.24) is 10.3 Å². The Balaban J connectivity index is 1.99. The summed E-state index contributed by atoms with van der Waals surface area (Å²) < 4.78 is 5.03. The number of fused-ring (bicyclic) bond motifs is 1. The van der Waals surface area contributed by atoms with Gasteiger partial charge in [-0.2, -0.15) is 0 Å². The van der Waals surface area contributed by atoms with E-state index in [0.717, 1.165) is 10.9 Å². The summed E-state index contributed by atoms with van der Waals surface area (Å²) in [5.41, 5.74) is 1.65. The van der Waals surface area contributed by atoms with Crippen LogP contribution in [0, 0.1) is 5.92 Å². The maximum atomic E-state index is 12.0. The van der Waals surface area contributed by atoms with Crippen LogP contribution in [0.1, 0.15) is 17.3 Å². The van der Waals surface area contributed by atoms with E-state index in [0.29, 0.717) is 24.6 Å². The Hall–Kier alpha value is -1.81. The molecule has 1 heterocycles. The van der Waals surface area contributed by atoms with Crippen LogP contribution in [-0.2, 0) is 4.74 Å². The van der Waals surface area contributed by atoms with Crippen LogP contribution in [0.15, 0.2) is 30.5 Å². The molecule has 0 bridgehead atoms. The van der Waals surface area contributed by atoms with Crippen LogP contribution in [0.3, 0.4) is 0 Å². The fraction of sp³-hybridized carbons (Fsp3) is 0.357. The lowest BCUT2D eigenvalue weighted by atomic mass is 10.1. The van der Waals surface area contributed by atoms with E-state index in [-0.39, 0.29) is 5.91 Å². The fourth-order valence-corrected chi connectivity index (χ4v) is 1.90. The molecule has 4 heteroatoms. The highest BCUT2D eigenvalue weighted by Gasteiger charge is 2.08. The molecular formula is C14H18N2O2. The molecule has 2 N–H and O–H groups in total. The van der Waals surface area contributed by atoms with Crippen LogP contribution in [0.5, 0.6) is 0 Å². The van der Waals surface area contributed by atoms with E-state index >= 15 is 0 Å². The van der Waals surface area contributed by atoms with E-state index < -0.39 is 0 Å². The molecule has 1 aromatic carbocycles. The molecule has 18 heavy (non-hydrogen) atoms. The molecule has 0 saturated carbocycles. The number of hydrogen-bond donors (Lipinski definition) is 2. The standard InChI is InChI=1S/C14H18N2O2/c1-10(9-18-2)8-16-14(17)12-4-3-11-5-6-15-13(11)7-12/h3-7,10,15H,8-9H2,1-2H3,(H,16,17). The zero-order chi connectivity index (χ0) is 13.0. The molecule has 0 aliphatic heterocycles. The minimum Gasteiger partial charge on any atom is -0.384 e. The first-order chi connectivity index (χ1) is 8.70. The Morgan fingerprint density at radius 3 is 3.06 bits per heavy atom. The maximum absolute atomic E-state index is 12.0. The first-order valence-electron chi connectivity index (χ1n) is 6.05. The molecule has 96 valence electrons. The van der Waals surface area contributed by atoms with E-state index in [2.05, 4.69) is 10.3 Å². The predicted molar refractivity (Wildman–Crippen MR) is 71.7 cm³/mol. The number of H-pyrrole nitrogens is 1. The van der Waals surface area contributed by atoms with Crippen LogP contribution >= 0.6 is 0 Å². The Bertz CT molecular complexity index is 533. The number of nitrogens with one attached hydrogen (secondary N) is 2. The quantitative estimate of drug-likeness (QED) is 0.849. The van der Waals surface area contributed by atoms with Crippen molar-refractivity contribution in [3.8, 4) is 0 Å². The van der Waals surface area contributed by atoms with Gasteiger partial charge in [0, 0.05) is 30.9 Å². The van der Waals surface area contributed by atoms with Gasteiger partial charge in [-0.25, -0.2) is 0 Å². The Morgan fingerprint density at radius 2 is 2.28 bits per heavy atom. The summed E-state index contributed by atoms with van der Waals surface area (Å²) in [5.74, 6) is 0.266. The summed E-state index contributed by atoms with van der Waals surface area (Å²) in [7, 11) is 1.66. The lowest BCUT2D eigenvalue weighted by molar-refractivity contribution is 0.0934. The highest BCUT2D eigenvalue weighted by atomic mass is 16.5. The Morgan fingerprint density at radius 1 is 1.44 bits per heavy atom. The van der Waals surface area contributed by atoms with Gasteiger partial charge in [0.1, 0.15) is 0 Å². The number of carbonyl (C=O) groups is 1. The van der Waals surface area contributed by atoms with Gasteiger partial charge in [-0.3, -0.25) is 4.79 Å². The van der Waals surface area contributed by atoms with E-state index in [4.69, 9.17) is 4.74 Å². The van der Waals surface area contributed by atoms with Gasteiger partial charge in [0.2, 0.25) is 0 Å². The van der Waals surface area contributed by atoms with Crippen molar-refractivity contribution in [3.05, 3.63) is 36.0 Å². The lowest BCUT2D eigenvalue weighted by Gasteiger charge is -2.11. The summed E-state index contributed by atoms with van der Waals surface area (Å²) in [4.78, 5) is 15.1. The van der Waals surface area contributed by atoms with Crippen LogP contribution < -0.4 is 5.32 Å². The molecule has 0 aliphatic carbocycles. The second-order valence-corrected chi connectivity index (χ2v) is 4.55. The van der Waals surface area contributed by atoms with Crippen LogP contribution in [0.4, 0.5) is 0 Å². The zero-order valence-electron chi connectivity index (χ0n) is 10.7. The highest BCUT2D eigenvalue weighted by Crippen LogP contribution is 2.14. The number of methoxy groups -OCH3 is 1.